The molecule has 1 heterocycles. The summed E-state index contributed by atoms with van der Waals surface area (Å²) in [5.41, 5.74) is 1.18. The van der Waals surface area contributed by atoms with E-state index >= 15 is 0 Å². The lowest BCUT2D eigenvalue weighted by atomic mass is 10.2. The minimum absolute atomic E-state index is 0.211. The lowest BCUT2D eigenvalue weighted by Gasteiger charge is -2.07. The topological polar surface area (TPSA) is 67.2 Å². The van der Waals surface area contributed by atoms with E-state index in [1.165, 1.54) is 6.20 Å². The molecule has 0 spiro atoms. The van der Waals surface area contributed by atoms with Crippen LogP contribution in [-0.4, -0.2) is 33.4 Å². The number of carbonyl (C=O) groups is 1. The number of hydrogen-bond donors (Lipinski definition) is 2. The van der Waals surface area contributed by atoms with Gasteiger partial charge in [0.05, 0.1) is 28.6 Å². The number of halogens is 1. The molecule has 0 fully saturated rings. The Bertz CT molecular complexity index is 612. The molecule has 0 radical (unpaired) electrons. The summed E-state index contributed by atoms with van der Waals surface area (Å²) < 4.78 is 1.57. The van der Waals surface area contributed by atoms with E-state index in [0.29, 0.717) is 30.0 Å². The largest absolute Gasteiger partial charge is 0.393 e. The highest BCUT2D eigenvalue weighted by Crippen LogP contribution is 2.19. The molecule has 0 bridgehead atoms. The smallest absolute Gasteiger partial charge is 0.254 e. The molecule has 0 aliphatic rings. The van der Waals surface area contributed by atoms with Crippen LogP contribution >= 0.6 is 11.6 Å². The summed E-state index contributed by atoms with van der Waals surface area (Å²) in [6.45, 7) is 2.34. The van der Waals surface area contributed by atoms with Gasteiger partial charge in [-0.05, 0) is 25.0 Å². The number of aliphatic hydroxyl groups is 1. The Labute approximate surface area is 128 Å². The summed E-state index contributed by atoms with van der Waals surface area (Å²) in [6.07, 6.45) is 3.97. The first-order valence-corrected chi connectivity index (χ1v) is 7.25. The number of para-hydroxylation sites is 1. The van der Waals surface area contributed by atoms with Crippen LogP contribution in [0.4, 0.5) is 0 Å². The minimum Gasteiger partial charge on any atom is -0.393 e. The summed E-state index contributed by atoms with van der Waals surface area (Å²) in [4.78, 5) is 12.0. The molecule has 0 saturated heterocycles. The Hall–Kier alpha value is -1.85. The van der Waals surface area contributed by atoms with Crippen molar-refractivity contribution in [3.8, 4) is 5.69 Å². The third-order valence-corrected chi connectivity index (χ3v) is 3.50. The van der Waals surface area contributed by atoms with E-state index in [2.05, 4.69) is 10.4 Å². The van der Waals surface area contributed by atoms with Gasteiger partial charge in [-0.3, -0.25) is 4.79 Å². The molecule has 1 aromatic carbocycles. The quantitative estimate of drug-likeness (QED) is 0.861. The van der Waals surface area contributed by atoms with Crippen molar-refractivity contribution in [2.75, 3.05) is 6.54 Å². The number of nitrogens with zero attached hydrogens (tertiary/aromatic N) is 2. The molecule has 2 aromatic rings. The van der Waals surface area contributed by atoms with Gasteiger partial charge in [0.1, 0.15) is 0 Å². The first kappa shape index (κ1) is 15.5. The van der Waals surface area contributed by atoms with Gasteiger partial charge in [0.15, 0.2) is 0 Å². The molecule has 1 amide bonds. The van der Waals surface area contributed by atoms with E-state index in [-0.39, 0.29) is 12.0 Å². The van der Waals surface area contributed by atoms with Crippen molar-refractivity contribution in [2.24, 2.45) is 0 Å². The molecule has 21 heavy (non-hydrogen) atoms. The molecule has 0 aliphatic carbocycles. The molecule has 6 heteroatoms. The number of hydrogen-bond acceptors (Lipinski definition) is 3. The van der Waals surface area contributed by atoms with Crippen molar-refractivity contribution < 1.29 is 9.90 Å². The standard InChI is InChI=1S/C15H18ClN3O2/c1-2-12(20)7-8-17-15(21)11-9-18-19(10-11)14-6-4-3-5-13(14)16/h3-6,9-10,12,20H,2,7-8H2,1H3,(H,17,21). The third kappa shape index (κ3) is 4.06. The van der Waals surface area contributed by atoms with E-state index in [0.717, 1.165) is 5.69 Å². The normalized spacial score (nSPS) is 12.1. The average Bonchev–Trinajstić information content (AvgIpc) is 2.97. The number of benzene rings is 1. The number of carbonyl (C=O) groups excluding carboxylic acids is 1. The number of aromatic nitrogens is 2. The Morgan fingerprint density at radius 1 is 1.48 bits per heavy atom. The van der Waals surface area contributed by atoms with Crippen LogP contribution in [0.5, 0.6) is 0 Å². The highest BCUT2D eigenvalue weighted by molar-refractivity contribution is 6.32. The zero-order chi connectivity index (χ0) is 15.2. The minimum atomic E-state index is -0.379. The van der Waals surface area contributed by atoms with Crippen LogP contribution in [0.2, 0.25) is 5.02 Å². The first-order valence-electron chi connectivity index (χ1n) is 6.87. The number of aliphatic hydroxyl groups excluding tert-OH is 1. The van der Waals surface area contributed by atoms with Crippen molar-refractivity contribution in [1.82, 2.24) is 15.1 Å². The third-order valence-electron chi connectivity index (χ3n) is 3.18. The van der Waals surface area contributed by atoms with Crippen LogP contribution in [0.1, 0.15) is 30.1 Å². The van der Waals surface area contributed by atoms with Gasteiger partial charge < -0.3 is 10.4 Å². The van der Waals surface area contributed by atoms with Gasteiger partial charge in [-0.25, -0.2) is 4.68 Å². The summed E-state index contributed by atoms with van der Waals surface area (Å²) in [5, 5.41) is 16.9. The van der Waals surface area contributed by atoms with E-state index < -0.39 is 0 Å². The Morgan fingerprint density at radius 3 is 2.95 bits per heavy atom. The maximum Gasteiger partial charge on any atom is 0.254 e. The van der Waals surface area contributed by atoms with Crippen LogP contribution in [0.25, 0.3) is 5.69 Å². The summed E-state index contributed by atoms with van der Waals surface area (Å²) >= 11 is 6.09. The number of rotatable bonds is 6. The summed E-state index contributed by atoms with van der Waals surface area (Å²) in [7, 11) is 0. The van der Waals surface area contributed by atoms with Crippen LogP contribution in [0.15, 0.2) is 36.7 Å². The van der Waals surface area contributed by atoms with Crippen molar-refractivity contribution >= 4 is 17.5 Å². The highest BCUT2D eigenvalue weighted by Gasteiger charge is 2.11. The fraction of sp³-hybridized carbons (Fsp3) is 0.333. The molecule has 2 N–H and O–H groups in total. The van der Waals surface area contributed by atoms with Gasteiger partial charge in [0, 0.05) is 12.7 Å². The van der Waals surface area contributed by atoms with Gasteiger partial charge in [0.2, 0.25) is 0 Å². The van der Waals surface area contributed by atoms with Gasteiger partial charge in [0.25, 0.3) is 5.91 Å². The Balaban J connectivity index is 2.00. The van der Waals surface area contributed by atoms with Crippen LogP contribution < -0.4 is 5.32 Å². The zero-order valence-corrected chi connectivity index (χ0v) is 12.5. The fourth-order valence-electron chi connectivity index (χ4n) is 1.87. The van der Waals surface area contributed by atoms with Gasteiger partial charge in [-0.2, -0.15) is 5.10 Å². The molecule has 0 aliphatic heterocycles. The predicted molar refractivity (Wildman–Crippen MR) is 81.8 cm³/mol. The second kappa shape index (κ2) is 7.24. The van der Waals surface area contributed by atoms with Crippen LogP contribution in [0.3, 0.4) is 0 Å². The molecule has 112 valence electrons. The summed E-state index contributed by atoms with van der Waals surface area (Å²) in [6, 6.07) is 7.29. The highest BCUT2D eigenvalue weighted by atomic mass is 35.5. The van der Waals surface area contributed by atoms with Crippen molar-refractivity contribution in [1.29, 1.82) is 0 Å². The molecule has 2 rings (SSSR count). The molecular weight excluding hydrogens is 290 g/mol. The fourth-order valence-corrected chi connectivity index (χ4v) is 2.09. The first-order chi connectivity index (χ1) is 10.1. The van der Waals surface area contributed by atoms with Crippen LogP contribution in [0, 0.1) is 0 Å². The van der Waals surface area contributed by atoms with Crippen LogP contribution in [-0.2, 0) is 0 Å². The lowest BCUT2D eigenvalue weighted by molar-refractivity contribution is 0.0942. The Morgan fingerprint density at radius 2 is 2.24 bits per heavy atom. The maximum absolute atomic E-state index is 12.0. The molecule has 1 aromatic heterocycles. The average molecular weight is 308 g/mol. The summed E-state index contributed by atoms with van der Waals surface area (Å²) in [5.74, 6) is -0.211. The van der Waals surface area contributed by atoms with E-state index in [1.807, 2.05) is 25.1 Å². The molecule has 1 atom stereocenters. The van der Waals surface area contributed by atoms with Gasteiger partial charge in [-0.1, -0.05) is 30.7 Å². The lowest BCUT2D eigenvalue weighted by Crippen LogP contribution is -2.26. The van der Waals surface area contributed by atoms with Crippen molar-refractivity contribution in [3.63, 3.8) is 0 Å². The molecule has 0 saturated carbocycles. The van der Waals surface area contributed by atoms with Crippen molar-refractivity contribution in [3.05, 3.63) is 47.2 Å². The van der Waals surface area contributed by atoms with Gasteiger partial charge >= 0.3 is 0 Å². The zero-order valence-electron chi connectivity index (χ0n) is 11.8. The predicted octanol–water partition coefficient (Wildman–Crippen LogP) is 2.42. The second-order valence-electron chi connectivity index (χ2n) is 4.73. The van der Waals surface area contributed by atoms with E-state index in [1.54, 1.807) is 16.9 Å². The Kier molecular flexibility index (Phi) is 5.36. The van der Waals surface area contributed by atoms with E-state index in [4.69, 9.17) is 11.6 Å². The van der Waals surface area contributed by atoms with Crippen molar-refractivity contribution in [2.45, 2.75) is 25.9 Å². The molecular formula is C15H18ClN3O2. The van der Waals surface area contributed by atoms with Gasteiger partial charge in [-0.15, -0.1) is 0 Å². The van der Waals surface area contributed by atoms with E-state index in [9.17, 15) is 9.90 Å². The molecule has 5 nitrogen and oxygen atoms in total. The monoisotopic (exact) mass is 307 g/mol. The SMILES string of the molecule is CCC(O)CCNC(=O)c1cnn(-c2ccccc2Cl)c1. The number of nitrogens with one attached hydrogen (secondary N) is 1. The second-order valence-corrected chi connectivity index (χ2v) is 5.14. The molecule has 1 unspecified atom stereocenters. The maximum atomic E-state index is 12.0. The number of amides is 1.